The Morgan fingerprint density at radius 2 is 2.41 bits per heavy atom. The molecule has 3 atom stereocenters. The summed E-state index contributed by atoms with van der Waals surface area (Å²) in [7, 11) is 0. The maximum absolute atomic E-state index is 13.1. The minimum atomic E-state index is -0.200. The predicted octanol–water partition coefficient (Wildman–Crippen LogP) is 1.63. The summed E-state index contributed by atoms with van der Waals surface area (Å²) in [5.41, 5.74) is 3.80. The van der Waals surface area contributed by atoms with Crippen LogP contribution in [-0.2, 0) is 11.2 Å². The molecule has 3 unspecified atom stereocenters. The lowest BCUT2D eigenvalue weighted by atomic mass is 9.92. The lowest BCUT2D eigenvalue weighted by Crippen LogP contribution is -2.42. The number of rotatable bonds is 4. The van der Waals surface area contributed by atoms with Crippen LogP contribution in [0.4, 0.5) is 4.39 Å². The first-order valence-corrected chi connectivity index (χ1v) is 6.01. The Kier molecular flexibility index (Phi) is 4.10. The van der Waals surface area contributed by atoms with Gasteiger partial charge >= 0.3 is 0 Å². The van der Waals surface area contributed by atoms with Crippen molar-refractivity contribution in [1.82, 2.24) is 5.43 Å². The summed E-state index contributed by atoms with van der Waals surface area (Å²) in [4.78, 5) is 0. The number of halogens is 1. The van der Waals surface area contributed by atoms with Crippen LogP contribution < -0.4 is 11.3 Å². The number of hydrogen-bond acceptors (Lipinski definition) is 3. The number of nitrogens with two attached hydrogens (primary N) is 1. The minimum Gasteiger partial charge on any atom is -0.378 e. The van der Waals surface area contributed by atoms with E-state index in [0.717, 1.165) is 25.0 Å². The number of hydrazine groups is 1. The summed E-state index contributed by atoms with van der Waals surface area (Å²) in [6, 6.07) is 6.80. The lowest BCUT2D eigenvalue weighted by Gasteiger charge is -2.21. The van der Waals surface area contributed by atoms with E-state index in [1.54, 1.807) is 12.1 Å². The third kappa shape index (κ3) is 3.25. The average molecular weight is 238 g/mol. The molecule has 0 aromatic heterocycles. The van der Waals surface area contributed by atoms with E-state index in [1.807, 2.05) is 6.07 Å². The van der Waals surface area contributed by atoms with Crippen molar-refractivity contribution in [3.8, 4) is 0 Å². The number of ether oxygens (including phenoxy) is 1. The molecule has 3 nitrogen and oxygen atoms in total. The summed E-state index contributed by atoms with van der Waals surface area (Å²) in [6.07, 6.45) is 2.03. The van der Waals surface area contributed by atoms with Crippen LogP contribution in [0.15, 0.2) is 24.3 Å². The molecule has 4 heteroatoms. The van der Waals surface area contributed by atoms with Gasteiger partial charge in [-0.1, -0.05) is 12.1 Å². The number of benzene rings is 1. The van der Waals surface area contributed by atoms with Crippen LogP contribution in [0.3, 0.4) is 0 Å². The summed E-state index contributed by atoms with van der Waals surface area (Å²) in [5.74, 6) is 5.79. The minimum absolute atomic E-state index is 0.141. The first-order chi connectivity index (χ1) is 8.19. The molecular formula is C13H19FN2O. The fourth-order valence-electron chi connectivity index (χ4n) is 2.41. The zero-order valence-electron chi connectivity index (χ0n) is 10.0. The van der Waals surface area contributed by atoms with E-state index in [9.17, 15) is 4.39 Å². The topological polar surface area (TPSA) is 47.3 Å². The van der Waals surface area contributed by atoms with Crippen molar-refractivity contribution < 1.29 is 9.13 Å². The SMILES string of the molecule is CC1CC(C(Cc2cccc(F)c2)NN)CO1. The van der Waals surface area contributed by atoms with Crippen molar-refractivity contribution in [3.05, 3.63) is 35.6 Å². The van der Waals surface area contributed by atoms with Gasteiger partial charge in [0.05, 0.1) is 12.7 Å². The van der Waals surface area contributed by atoms with Crippen molar-refractivity contribution in [1.29, 1.82) is 0 Å². The van der Waals surface area contributed by atoms with Gasteiger partial charge in [0.15, 0.2) is 0 Å². The summed E-state index contributed by atoms with van der Waals surface area (Å²) in [5, 5.41) is 0. The molecule has 0 bridgehead atoms. The smallest absolute Gasteiger partial charge is 0.123 e. The summed E-state index contributed by atoms with van der Waals surface area (Å²) in [6.45, 7) is 2.79. The van der Waals surface area contributed by atoms with E-state index in [-0.39, 0.29) is 11.9 Å². The molecular weight excluding hydrogens is 219 g/mol. The zero-order valence-corrected chi connectivity index (χ0v) is 10.0. The van der Waals surface area contributed by atoms with E-state index in [0.29, 0.717) is 12.0 Å². The first kappa shape index (κ1) is 12.5. The van der Waals surface area contributed by atoms with Gasteiger partial charge in [-0.15, -0.1) is 0 Å². The molecule has 1 saturated heterocycles. The standard InChI is InChI=1S/C13H19FN2O/c1-9-5-11(8-17-9)13(16-15)7-10-3-2-4-12(14)6-10/h2-4,6,9,11,13,16H,5,7-8,15H2,1H3. The molecule has 2 rings (SSSR count). The zero-order chi connectivity index (χ0) is 12.3. The second-order valence-electron chi connectivity index (χ2n) is 4.75. The van der Waals surface area contributed by atoms with E-state index < -0.39 is 0 Å². The van der Waals surface area contributed by atoms with E-state index in [4.69, 9.17) is 10.6 Å². The van der Waals surface area contributed by atoms with E-state index >= 15 is 0 Å². The molecule has 17 heavy (non-hydrogen) atoms. The Labute approximate surface area is 101 Å². The van der Waals surface area contributed by atoms with Gasteiger partial charge in [-0.25, -0.2) is 4.39 Å². The quantitative estimate of drug-likeness (QED) is 0.619. The molecule has 0 radical (unpaired) electrons. The van der Waals surface area contributed by atoms with Crippen LogP contribution in [0.2, 0.25) is 0 Å². The molecule has 1 heterocycles. The number of hydrogen-bond donors (Lipinski definition) is 2. The molecule has 3 N–H and O–H groups in total. The fourth-order valence-corrected chi connectivity index (χ4v) is 2.41. The van der Waals surface area contributed by atoms with Gasteiger partial charge in [-0.2, -0.15) is 0 Å². The van der Waals surface area contributed by atoms with E-state index in [2.05, 4.69) is 12.3 Å². The van der Waals surface area contributed by atoms with Crippen LogP contribution in [0.1, 0.15) is 18.9 Å². The van der Waals surface area contributed by atoms with Gasteiger partial charge in [0.2, 0.25) is 0 Å². The molecule has 0 aliphatic carbocycles. The molecule has 1 fully saturated rings. The molecule has 1 aliphatic heterocycles. The molecule has 1 aromatic carbocycles. The predicted molar refractivity (Wildman–Crippen MR) is 64.7 cm³/mol. The molecule has 1 aliphatic rings. The Balaban J connectivity index is 2.00. The fraction of sp³-hybridized carbons (Fsp3) is 0.538. The molecule has 0 amide bonds. The normalized spacial score (nSPS) is 26.1. The lowest BCUT2D eigenvalue weighted by molar-refractivity contribution is 0.117. The van der Waals surface area contributed by atoms with Crippen molar-refractivity contribution in [2.75, 3.05) is 6.61 Å². The summed E-state index contributed by atoms with van der Waals surface area (Å²) < 4.78 is 18.6. The Bertz CT molecular complexity index is 372. The third-order valence-corrected chi connectivity index (χ3v) is 3.36. The second kappa shape index (κ2) is 5.58. The maximum atomic E-state index is 13.1. The van der Waals surface area contributed by atoms with Gasteiger partial charge < -0.3 is 4.74 Å². The van der Waals surface area contributed by atoms with Gasteiger partial charge in [-0.05, 0) is 37.5 Å². The molecule has 0 saturated carbocycles. The van der Waals surface area contributed by atoms with E-state index in [1.165, 1.54) is 6.07 Å². The van der Waals surface area contributed by atoms with Crippen molar-refractivity contribution >= 4 is 0 Å². The highest BCUT2D eigenvalue weighted by molar-refractivity contribution is 5.17. The maximum Gasteiger partial charge on any atom is 0.123 e. The molecule has 94 valence electrons. The van der Waals surface area contributed by atoms with Gasteiger partial charge in [0.1, 0.15) is 5.82 Å². The van der Waals surface area contributed by atoms with Crippen molar-refractivity contribution in [2.45, 2.75) is 31.9 Å². The second-order valence-corrected chi connectivity index (χ2v) is 4.75. The van der Waals surface area contributed by atoms with Crippen LogP contribution in [0.25, 0.3) is 0 Å². The van der Waals surface area contributed by atoms with Gasteiger partial charge in [0, 0.05) is 12.0 Å². The highest BCUT2D eigenvalue weighted by Crippen LogP contribution is 2.24. The molecule has 0 spiro atoms. The van der Waals surface area contributed by atoms with Crippen LogP contribution in [0.5, 0.6) is 0 Å². The Morgan fingerprint density at radius 3 is 3.00 bits per heavy atom. The molecule has 1 aromatic rings. The number of nitrogens with one attached hydrogen (secondary N) is 1. The van der Waals surface area contributed by atoms with Gasteiger partial charge in [-0.3, -0.25) is 11.3 Å². The highest BCUT2D eigenvalue weighted by atomic mass is 19.1. The van der Waals surface area contributed by atoms with Crippen molar-refractivity contribution in [2.24, 2.45) is 11.8 Å². The van der Waals surface area contributed by atoms with Crippen molar-refractivity contribution in [3.63, 3.8) is 0 Å². The van der Waals surface area contributed by atoms with Crippen LogP contribution in [-0.4, -0.2) is 18.8 Å². The third-order valence-electron chi connectivity index (χ3n) is 3.36. The summed E-state index contributed by atoms with van der Waals surface area (Å²) >= 11 is 0. The van der Waals surface area contributed by atoms with Gasteiger partial charge in [0.25, 0.3) is 0 Å². The Hall–Kier alpha value is -0.970. The average Bonchev–Trinajstić information content (AvgIpc) is 2.73. The van der Waals surface area contributed by atoms with Crippen LogP contribution >= 0.6 is 0 Å². The monoisotopic (exact) mass is 238 g/mol. The Morgan fingerprint density at radius 1 is 1.59 bits per heavy atom. The first-order valence-electron chi connectivity index (χ1n) is 6.01. The highest BCUT2D eigenvalue weighted by Gasteiger charge is 2.29. The largest absolute Gasteiger partial charge is 0.378 e. The van der Waals surface area contributed by atoms with Crippen LogP contribution in [0, 0.1) is 11.7 Å².